The Kier molecular flexibility index (Phi) is 4.88. The Morgan fingerprint density at radius 1 is 1.29 bits per heavy atom. The number of hydrogen-bond acceptors (Lipinski definition) is 3. The number of hydrogen-bond donors (Lipinski definition) is 2. The topological polar surface area (TPSA) is 72.2 Å². The number of anilines is 1. The fraction of sp³-hybridized carbons (Fsp3) is 0.600. The van der Waals surface area contributed by atoms with Gasteiger partial charge in [-0.3, -0.25) is 0 Å². The van der Waals surface area contributed by atoms with Crippen molar-refractivity contribution in [1.29, 1.82) is 0 Å². The molecular weight excluding hydrogens is 291 g/mol. The lowest BCUT2D eigenvalue weighted by molar-refractivity contribution is 0.226. The zero-order valence-electron chi connectivity index (χ0n) is 12.5. The molecule has 2 atom stereocenters. The van der Waals surface area contributed by atoms with Gasteiger partial charge in [-0.2, -0.15) is 0 Å². The highest BCUT2D eigenvalue weighted by Gasteiger charge is 2.31. The third-order valence-electron chi connectivity index (χ3n) is 4.26. The van der Waals surface area contributed by atoms with Crippen LogP contribution in [0.15, 0.2) is 23.1 Å². The van der Waals surface area contributed by atoms with E-state index in [1.807, 2.05) is 0 Å². The molecule has 21 heavy (non-hydrogen) atoms. The van der Waals surface area contributed by atoms with Crippen molar-refractivity contribution >= 4 is 15.7 Å². The van der Waals surface area contributed by atoms with Crippen molar-refractivity contribution in [3.63, 3.8) is 0 Å². The molecule has 0 spiro atoms. The third kappa shape index (κ3) is 3.74. The summed E-state index contributed by atoms with van der Waals surface area (Å²) in [6, 6.07) is 3.52. The maximum atomic E-state index is 13.5. The Balaban J connectivity index is 2.21. The van der Waals surface area contributed by atoms with E-state index in [-0.39, 0.29) is 16.6 Å². The van der Waals surface area contributed by atoms with Crippen LogP contribution in [0.3, 0.4) is 0 Å². The van der Waals surface area contributed by atoms with Crippen molar-refractivity contribution < 1.29 is 12.8 Å². The van der Waals surface area contributed by atoms with Gasteiger partial charge in [-0.15, -0.1) is 0 Å². The Morgan fingerprint density at radius 2 is 1.95 bits per heavy atom. The molecule has 1 aromatic rings. The predicted octanol–water partition coefficient (Wildman–Crippen LogP) is 2.90. The quantitative estimate of drug-likeness (QED) is 0.839. The lowest BCUT2D eigenvalue weighted by atomic mass is 9.78. The predicted molar refractivity (Wildman–Crippen MR) is 81.7 cm³/mol. The largest absolute Gasteiger partial charge is 0.396 e. The van der Waals surface area contributed by atoms with Crippen LogP contribution in [0.1, 0.15) is 39.5 Å². The van der Waals surface area contributed by atoms with Gasteiger partial charge in [-0.1, -0.05) is 26.7 Å². The molecule has 0 aromatic heterocycles. The highest BCUT2D eigenvalue weighted by atomic mass is 32.2. The molecule has 2 unspecified atom stereocenters. The van der Waals surface area contributed by atoms with Gasteiger partial charge in [0.25, 0.3) is 0 Å². The average molecular weight is 314 g/mol. The number of halogens is 1. The molecule has 1 aromatic carbocycles. The highest BCUT2D eigenvalue weighted by molar-refractivity contribution is 7.89. The smallest absolute Gasteiger partial charge is 0.240 e. The Labute approximate surface area is 126 Å². The van der Waals surface area contributed by atoms with Gasteiger partial charge in [0.05, 0.1) is 10.6 Å². The van der Waals surface area contributed by atoms with E-state index < -0.39 is 15.8 Å². The summed E-state index contributed by atoms with van der Waals surface area (Å²) in [5, 5.41) is 0. The summed E-state index contributed by atoms with van der Waals surface area (Å²) in [6.45, 7) is 4.22. The van der Waals surface area contributed by atoms with Gasteiger partial charge >= 0.3 is 0 Å². The van der Waals surface area contributed by atoms with Crippen molar-refractivity contribution in [2.45, 2.75) is 50.5 Å². The number of sulfonamides is 1. The summed E-state index contributed by atoms with van der Waals surface area (Å²) >= 11 is 0. The molecule has 0 aliphatic heterocycles. The van der Waals surface area contributed by atoms with Gasteiger partial charge in [0.2, 0.25) is 10.0 Å². The van der Waals surface area contributed by atoms with Crippen LogP contribution in [0.5, 0.6) is 0 Å². The summed E-state index contributed by atoms with van der Waals surface area (Å²) in [6.07, 6.45) is 4.02. The Morgan fingerprint density at radius 3 is 2.57 bits per heavy atom. The molecule has 0 amide bonds. The van der Waals surface area contributed by atoms with Crippen molar-refractivity contribution in [2.75, 3.05) is 5.73 Å². The SMILES string of the molecule is CC(C)C1CCCCC1NS(=O)(=O)c1ccc(N)c(F)c1. The maximum Gasteiger partial charge on any atom is 0.240 e. The van der Waals surface area contributed by atoms with E-state index in [0.29, 0.717) is 11.8 Å². The summed E-state index contributed by atoms with van der Waals surface area (Å²) < 4.78 is 41.1. The molecule has 4 nitrogen and oxygen atoms in total. The molecule has 6 heteroatoms. The van der Waals surface area contributed by atoms with E-state index in [0.717, 1.165) is 31.7 Å². The molecule has 0 saturated heterocycles. The van der Waals surface area contributed by atoms with Crippen molar-refractivity contribution in [1.82, 2.24) is 4.72 Å². The summed E-state index contributed by atoms with van der Waals surface area (Å²) in [4.78, 5) is -0.0673. The first kappa shape index (κ1) is 16.2. The lowest BCUT2D eigenvalue weighted by Gasteiger charge is -2.34. The molecule has 1 fully saturated rings. The second-order valence-electron chi connectivity index (χ2n) is 6.10. The van der Waals surface area contributed by atoms with E-state index in [4.69, 9.17) is 5.73 Å². The summed E-state index contributed by atoms with van der Waals surface area (Å²) in [5.41, 5.74) is 5.34. The molecule has 0 radical (unpaired) electrons. The molecule has 0 bridgehead atoms. The summed E-state index contributed by atoms with van der Waals surface area (Å²) in [5.74, 6) is 0.0373. The van der Waals surface area contributed by atoms with Crippen molar-refractivity contribution in [3.8, 4) is 0 Å². The molecule has 0 heterocycles. The van der Waals surface area contributed by atoms with Crippen LogP contribution in [-0.4, -0.2) is 14.5 Å². The monoisotopic (exact) mass is 314 g/mol. The van der Waals surface area contributed by atoms with Crippen molar-refractivity contribution in [2.24, 2.45) is 11.8 Å². The molecule has 118 valence electrons. The number of benzene rings is 1. The van der Waals surface area contributed by atoms with E-state index >= 15 is 0 Å². The van der Waals surface area contributed by atoms with Crippen molar-refractivity contribution in [3.05, 3.63) is 24.0 Å². The first-order valence-electron chi connectivity index (χ1n) is 7.38. The van der Waals surface area contributed by atoms with E-state index in [2.05, 4.69) is 18.6 Å². The summed E-state index contributed by atoms with van der Waals surface area (Å²) in [7, 11) is -3.71. The third-order valence-corrected chi connectivity index (χ3v) is 5.75. The minimum absolute atomic E-state index is 0.0494. The first-order chi connectivity index (χ1) is 9.81. The number of nitrogen functional groups attached to an aromatic ring is 1. The van der Waals surface area contributed by atoms with Crippen LogP contribution in [-0.2, 0) is 10.0 Å². The minimum Gasteiger partial charge on any atom is -0.396 e. The van der Waals surface area contributed by atoms with Crippen LogP contribution in [0, 0.1) is 17.7 Å². The fourth-order valence-electron chi connectivity index (χ4n) is 3.05. The molecule has 1 saturated carbocycles. The molecular formula is C15H23FN2O2S. The van der Waals surface area contributed by atoms with Gasteiger partial charge in [0.15, 0.2) is 0 Å². The van der Waals surface area contributed by atoms with Crippen LogP contribution in [0.25, 0.3) is 0 Å². The van der Waals surface area contributed by atoms with Crippen LogP contribution in [0.2, 0.25) is 0 Å². The van der Waals surface area contributed by atoms with E-state index in [1.54, 1.807) is 0 Å². The van der Waals surface area contributed by atoms with E-state index in [1.165, 1.54) is 12.1 Å². The second kappa shape index (κ2) is 6.32. The number of nitrogens with one attached hydrogen (secondary N) is 1. The van der Waals surface area contributed by atoms with Crippen LogP contribution < -0.4 is 10.5 Å². The lowest BCUT2D eigenvalue weighted by Crippen LogP contribution is -2.43. The van der Waals surface area contributed by atoms with Gasteiger partial charge in [-0.05, 0) is 42.9 Å². The highest BCUT2D eigenvalue weighted by Crippen LogP contribution is 2.31. The van der Waals surface area contributed by atoms with Crippen LogP contribution in [0.4, 0.5) is 10.1 Å². The fourth-order valence-corrected chi connectivity index (χ4v) is 4.38. The maximum absolute atomic E-state index is 13.5. The first-order valence-corrected chi connectivity index (χ1v) is 8.87. The van der Waals surface area contributed by atoms with Gasteiger partial charge in [0.1, 0.15) is 5.82 Å². The number of rotatable bonds is 4. The minimum atomic E-state index is -3.71. The van der Waals surface area contributed by atoms with Crippen LogP contribution >= 0.6 is 0 Å². The van der Waals surface area contributed by atoms with Gasteiger partial charge < -0.3 is 5.73 Å². The molecule has 1 aliphatic carbocycles. The normalized spacial score (nSPS) is 23.4. The second-order valence-corrected chi connectivity index (χ2v) is 7.82. The van der Waals surface area contributed by atoms with Gasteiger partial charge in [0, 0.05) is 6.04 Å². The zero-order chi connectivity index (χ0) is 15.6. The van der Waals surface area contributed by atoms with E-state index in [9.17, 15) is 12.8 Å². The number of nitrogens with two attached hydrogens (primary N) is 1. The molecule has 1 aliphatic rings. The average Bonchev–Trinajstić information content (AvgIpc) is 2.41. The Hall–Kier alpha value is -1.14. The zero-order valence-corrected chi connectivity index (χ0v) is 13.3. The molecule has 2 rings (SSSR count). The van der Waals surface area contributed by atoms with Gasteiger partial charge in [-0.25, -0.2) is 17.5 Å². The molecule has 3 N–H and O–H groups in total. The Bertz CT molecular complexity index is 602. The standard InChI is InChI=1S/C15H23FN2O2S/c1-10(2)12-5-3-4-6-15(12)18-21(19,20)11-7-8-14(17)13(16)9-11/h7-10,12,15,18H,3-6,17H2,1-2H3.